The van der Waals surface area contributed by atoms with E-state index in [9.17, 15) is 14.4 Å². The van der Waals surface area contributed by atoms with Crippen LogP contribution in [0.15, 0.2) is 24.3 Å². The summed E-state index contributed by atoms with van der Waals surface area (Å²) in [6.45, 7) is 1.02. The van der Waals surface area contributed by atoms with Crippen LogP contribution in [-0.4, -0.2) is 42.6 Å². The molecule has 2 N–H and O–H groups in total. The van der Waals surface area contributed by atoms with E-state index < -0.39 is 5.97 Å². The molecule has 0 aliphatic carbocycles. The standard InChI is InChI=1S/C17H22N2O5/c20-15(8-3-4-9-17(22)23)18-10-5-11-19-13-6-1-2-7-14(13)24-12-16(19)21/h1-2,6-7H,3-5,8-12H2,(H,18,20)(H,22,23). The third-order valence-electron chi connectivity index (χ3n) is 3.73. The lowest BCUT2D eigenvalue weighted by atomic mass is 10.2. The van der Waals surface area contributed by atoms with Crippen molar-refractivity contribution in [2.75, 3.05) is 24.6 Å². The number of carbonyl (C=O) groups is 3. The highest BCUT2D eigenvalue weighted by Gasteiger charge is 2.24. The number of fused-ring (bicyclic) bond motifs is 1. The number of ether oxygens (including phenoxy) is 1. The van der Waals surface area contributed by atoms with E-state index in [1.165, 1.54) is 0 Å². The number of rotatable bonds is 9. The highest BCUT2D eigenvalue weighted by atomic mass is 16.5. The summed E-state index contributed by atoms with van der Waals surface area (Å²) in [5.74, 6) is -0.326. The van der Waals surface area contributed by atoms with Crippen molar-refractivity contribution in [2.45, 2.75) is 32.1 Å². The summed E-state index contributed by atoms with van der Waals surface area (Å²) in [5.41, 5.74) is 0.758. The smallest absolute Gasteiger partial charge is 0.303 e. The topological polar surface area (TPSA) is 95.9 Å². The number of aliphatic carboxylic acids is 1. The van der Waals surface area contributed by atoms with E-state index in [0.29, 0.717) is 44.5 Å². The van der Waals surface area contributed by atoms with Crippen molar-refractivity contribution >= 4 is 23.5 Å². The number of hydrogen-bond acceptors (Lipinski definition) is 4. The lowest BCUT2D eigenvalue weighted by Crippen LogP contribution is -2.40. The molecule has 7 nitrogen and oxygen atoms in total. The second kappa shape index (κ2) is 8.90. The highest BCUT2D eigenvalue weighted by Crippen LogP contribution is 2.31. The van der Waals surface area contributed by atoms with E-state index in [4.69, 9.17) is 9.84 Å². The fourth-order valence-electron chi connectivity index (χ4n) is 2.51. The zero-order valence-electron chi connectivity index (χ0n) is 13.5. The normalized spacial score (nSPS) is 13.2. The fourth-order valence-corrected chi connectivity index (χ4v) is 2.51. The molecule has 1 aromatic carbocycles. The number of carboxylic acids is 1. The van der Waals surface area contributed by atoms with E-state index in [1.807, 2.05) is 24.3 Å². The lowest BCUT2D eigenvalue weighted by Gasteiger charge is -2.29. The van der Waals surface area contributed by atoms with Gasteiger partial charge >= 0.3 is 5.97 Å². The molecule has 0 atom stereocenters. The van der Waals surface area contributed by atoms with Crippen molar-refractivity contribution in [3.8, 4) is 5.75 Å². The third kappa shape index (κ3) is 5.26. The van der Waals surface area contributed by atoms with Gasteiger partial charge in [-0.2, -0.15) is 0 Å². The molecule has 130 valence electrons. The first-order valence-corrected chi connectivity index (χ1v) is 8.08. The fraction of sp³-hybridized carbons (Fsp3) is 0.471. The molecule has 0 aromatic heterocycles. The number of hydrogen-bond donors (Lipinski definition) is 2. The Morgan fingerprint density at radius 1 is 1.17 bits per heavy atom. The summed E-state index contributed by atoms with van der Waals surface area (Å²) in [6, 6.07) is 7.38. The van der Waals surface area contributed by atoms with Crippen LogP contribution >= 0.6 is 0 Å². The van der Waals surface area contributed by atoms with Gasteiger partial charge in [0, 0.05) is 25.9 Å². The third-order valence-corrected chi connectivity index (χ3v) is 3.73. The molecule has 1 aromatic rings. The van der Waals surface area contributed by atoms with E-state index in [0.717, 1.165) is 5.69 Å². The number of benzene rings is 1. The van der Waals surface area contributed by atoms with Crippen LogP contribution in [0.5, 0.6) is 5.75 Å². The molecular weight excluding hydrogens is 312 g/mol. The molecule has 1 aliphatic rings. The van der Waals surface area contributed by atoms with Gasteiger partial charge in [-0.1, -0.05) is 12.1 Å². The second-order valence-electron chi connectivity index (χ2n) is 5.61. The summed E-state index contributed by atoms with van der Waals surface area (Å²) >= 11 is 0. The number of carbonyl (C=O) groups excluding carboxylic acids is 2. The van der Waals surface area contributed by atoms with E-state index >= 15 is 0 Å². The number of carboxylic acid groups (broad SMARTS) is 1. The Hall–Kier alpha value is -2.57. The maximum Gasteiger partial charge on any atom is 0.303 e. The summed E-state index contributed by atoms with van der Waals surface area (Å²) in [4.78, 5) is 35.7. The maximum absolute atomic E-state index is 12.0. The Morgan fingerprint density at radius 3 is 2.71 bits per heavy atom. The Balaban J connectivity index is 1.68. The average Bonchev–Trinajstić information content (AvgIpc) is 2.57. The van der Waals surface area contributed by atoms with Crippen molar-refractivity contribution in [3.63, 3.8) is 0 Å². The van der Waals surface area contributed by atoms with Gasteiger partial charge in [0.1, 0.15) is 5.75 Å². The van der Waals surface area contributed by atoms with Crippen molar-refractivity contribution < 1.29 is 24.2 Å². The van der Waals surface area contributed by atoms with Gasteiger partial charge in [-0.05, 0) is 31.4 Å². The molecule has 0 unspecified atom stereocenters. The minimum atomic E-state index is -0.842. The van der Waals surface area contributed by atoms with Crippen molar-refractivity contribution in [2.24, 2.45) is 0 Å². The van der Waals surface area contributed by atoms with E-state index in [1.54, 1.807) is 4.90 Å². The number of unbranched alkanes of at least 4 members (excludes halogenated alkanes) is 1. The van der Waals surface area contributed by atoms with E-state index in [-0.39, 0.29) is 24.8 Å². The molecule has 7 heteroatoms. The van der Waals surface area contributed by atoms with Crippen LogP contribution in [0.3, 0.4) is 0 Å². The first-order valence-electron chi connectivity index (χ1n) is 8.08. The van der Waals surface area contributed by atoms with Gasteiger partial charge in [-0.25, -0.2) is 0 Å². The largest absolute Gasteiger partial charge is 0.482 e. The predicted molar refractivity (Wildman–Crippen MR) is 88.0 cm³/mol. The van der Waals surface area contributed by atoms with Crippen LogP contribution in [0.1, 0.15) is 32.1 Å². The van der Waals surface area contributed by atoms with Gasteiger partial charge in [0.05, 0.1) is 5.69 Å². The summed E-state index contributed by atoms with van der Waals surface area (Å²) in [5, 5.41) is 11.3. The van der Waals surface area contributed by atoms with Crippen LogP contribution in [0.25, 0.3) is 0 Å². The van der Waals surface area contributed by atoms with Gasteiger partial charge in [-0.3, -0.25) is 14.4 Å². The Morgan fingerprint density at radius 2 is 1.92 bits per heavy atom. The van der Waals surface area contributed by atoms with Crippen LogP contribution in [0.4, 0.5) is 5.69 Å². The number of nitrogens with zero attached hydrogens (tertiary/aromatic N) is 1. The number of amides is 2. The molecule has 0 saturated heterocycles. The van der Waals surface area contributed by atoms with Crippen LogP contribution in [-0.2, 0) is 14.4 Å². The second-order valence-corrected chi connectivity index (χ2v) is 5.61. The lowest BCUT2D eigenvalue weighted by molar-refractivity contribution is -0.137. The van der Waals surface area contributed by atoms with Gasteiger partial charge < -0.3 is 20.1 Å². The first-order chi connectivity index (χ1) is 11.6. The minimum absolute atomic E-state index is 0.0347. The van der Waals surface area contributed by atoms with Gasteiger partial charge in [0.25, 0.3) is 5.91 Å². The van der Waals surface area contributed by atoms with Gasteiger partial charge in [-0.15, -0.1) is 0 Å². The molecule has 1 aliphatic heterocycles. The maximum atomic E-state index is 12.0. The van der Waals surface area contributed by atoms with E-state index in [2.05, 4.69) is 5.32 Å². The number of para-hydroxylation sites is 2. The Bertz CT molecular complexity index is 602. The molecule has 0 spiro atoms. The Kier molecular flexibility index (Phi) is 6.60. The van der Waals surface area contributed by atoms with Gasteiger partial charge in [0.15, 0.2) is 6.61 Å². The minimum Gasteiger partial charge on any atom is -0.482 e. The number of nitrogens with one attached hydrogen (secondary N) is 1. The van der Waals surface area contributed by atoms with Crippen LogP contribution in [0, 0.1) is 0 Å². The van der Waals surface area contributed by atoms with Gasteiger partial charge in [0.2, 0.25) is 5.91 Å². The quantitative estimate of drug-likeness (QED) is 0.668. The molecule has 1 heterocycles. The SMILES string of the molecule is O=C(O)CCCCC(=O)NCCCN1C(=O)COc2ccccc21. The van der Waals surface area contributed by atoms with Crippen molar-refractivity contribution in [1.82, 2.24) is 5.32 Å². The summed E-state index contributed by atoms with van der Waals surface area (Å²) in [7, 11) is 0. The van der Waals surface area contributed by atoms with Crippen LogP contribution in [0.2, 0.25) is 0 Å². The van der Waals surface area contributed by atoms with Crippen molar-refractivity contribution in [1.29, 1.82) is 0 Å². The molecule has 24 heavy (non-hydrogen) atoms. The summed E-state index contributed by atoms with van der Waals surface area (Å²) in [6.07, 6.45) is 2.12. The highest BCUT2D eigenvalue weighted by molar-refractivity contribution is 5.97. The zero-order chi connectivity index (χ0) is 17.4. The molecule has 2 rings (SSSR count). The predicted octanol–water partition coefficient (Wildman–Crippen LogP) is 1.56. The number of anilines is 1. The molecule has 0 radical (unpaired) electrons. The first kappa shape index (κ1) is 17.8. The molecule has 2 amide bonds. The van der Waals surface area contributed by atoms with Crippen molar-refractivity contribution in [3.05, 3.63) is 24.3 Å². The monoisotopic (exact) mass is 334 g/mol. The Labute approximate surface area is 140 Å². The zero-order valence-corrected chi connectivity index (χ0v) is 13.5. The molecule has 0 saturated carbocycles. The average molecular weight is 334 g/mol. The molecule has 0 bridgehead atoms. The summed E-state index contributed by atoms with van der Waals surface area (Å²) < 4.78 is 5.38. The van der Waals surface area contributed by atoms with Crippen LogP contribution < -0.4 is 15.0 Å². The molecular formula is C17H22N2O5. The molecule has 0 fully saturated rings.